The first-order valence-corrected chi connectivity index (χ1v) is 26.3. The average molecular weight is 879 g/mol. The summed E-state index contributed by atoms with van der Waals surface area (Å²) in [5.74, 6) is -2.55. The van der Waals surface area contributed by atoms with Crippen molar-refractivity contribution in [2.75, 3.05) is 6.61 Å². The van der Waals surface area contributed by atoms with Gasteiger partial charge in [0.2, 0.25) is 5.60 Å². The van der Waals surface area contributed by atoms with E-state index < -0.39 is 35.2 Å². The molecule has 0 aromatic rings. The fraction of sp³-hybridized carbons (Fsp3) is 0.737. The first-order valence-electron chi connectivity index (χ1n) is 26.3. The van der Waals surface area contributed by atoms with Gasteiger partial charge in [0.25, 0.3) is 0 Å². The summed E-state index contributed by atoms with van der Waals surface area (Å²) in [6, 6.07) is 0. The summed E-state index contributed by atoms with van der Waals surface area (Å²) in [6.45, 7) is 5.48. The third-order valence-electron chi connectivity index (χ3n) is 12.2. The summed E-state index contributed by atoms with van der Waals surface area (Å²) < 4.78 is 0. The molecule has 0 aliphatic carbocycles. The Labute approximate surface area is 388 Å². The Balaban J connectivity index is 5.06. The lowest BCUT2D eigenvalue weighted by molar-refractivity contribution is -0.194. The van der Waals surface area contributed by atoms with Crippen LogP contribution in [0.1, 0.15) is 252 Å². The number of hydrogen-bond donors (Lipinski definition) is 3. The Hall–Kier alpha value is -2.67. The van der Waals surface area contributed by atoms with Gasteiger partial charge in [-0.3, -0.25) is 14.4 Å². The van der Waals surface area contributed by atoms with Crippen molar-refractivity contribution in [1.29, 1.82) is 0 Å². The highest BCUT2D eigenvalue weighted by Crippen LogP contribution is 2.32. The number of ketones is 3. The minimum Gasteiger partial charge on any atom is -0.393 e. The van der Waals surface area contributed by atoms with Crippen molar-refractivity contribution in [3.63, 3.8) is 0 Å². The van der Waals surface area contributed by atoms with Gasteiger partial charge in [0, 0.05) is 19.3 Å². The molecular formula is C57H98O6. The van der Waals surface area contributed by atoms with Gasteiger partial charge in [0.05, 0.1) is 6.61 Å². The molecule has 0 rings (SSSR count). The first kappa shape index (κ1) is 60.3. The number of aliphatic hydroxyl groups is 3. The van der Waals surface area contributed by atoms with E-state index in [0.717, 1.165) is 135 Å². The fourth-order valence-corrected chi connectivity index (χ4v) is 7.88. The number of carbonyl (C=O) groups is 3. The van der Waals surface area contributed by atoms with Crippen molar-refractivity contribution in [2.45, 2.75) is 263 Å². The zero-order valence-electron chi connectivity index (χ0n) is 41.2. The zero-order valence-corrected chi connectivity index (χ0v) is 41.2. The molecule has 0 aromatic heterocycles. The Kier molecular flexibility index (Phi) is 42.6. The molecule has 0 saturated carbocycles. The van der Waals surface area contributed by atoms with Crippen LogP contribution in [0.2, 0.25) is 0 Å². The number of Topliss-reactive ketones (excluding diaryl/α,β-unsaturated/α-hetero) is 3. The molecule has 1 atom stereocenters. The SMILES string of the molecule is CCCCC/C=C\C/C=C\CCCCCCCC(=O)C(O)(CO)C(O)(C(=O)CCCCCCC/C=C\C/C=C\CCCCC)C(=O)CCCCCCC/C=C\C/C=C\CCCCC. The predicted molar refractivity (Wildman–Crippen MR) is 270 cm³/mol. The number of unbranched alkanes of at least 4 members (excludes halogenated alkanes) is 24. The number of carbonyl (C=O) groups excluding carboxylic acids is 3. The van der Waals surface area contributed by atoms with Gasteiger partial charge in [0.15, 0.2) is 23.0 Å². The highest BCUT2D eigenvalue weighted by Gasteiger charge is 2.62. The predicted octanol–water partition coefficient (Wildman–Crippen LogP) is 15.6. The lowest BCUT2D eigenvalue weighted by atomic mass is 9.71. The lowest BCUT2D eigenvalue weighted by Gasteiger charge is -2.39. The van der Waals surface area contributed by atoms with Crippen LogP contribution in [0.15, 0.2) is 72.9 Å². The molecule has 6 nitrogen and oxygen atoms in total. The van der Waals surface area contributed by atoms with Crippen molar-refractivity contribution in [2.24, 2.45) is 0 Å². The molecule has 0 saturated heterocycles. The zero-order chi connectivity index (χ0) is 46.4. The Morgan fingerprint density at radius 1 is 0.333 bits per heavy atom. The summed E-state index contributed by atoms with van der Waals surface area (Å²) in [6.07, 6.45) is 59.6. The molecule has 1 unspecified atom stereocenters. The van der Waals surface area contributed by atoms with Crippen LogP contribution in [0.3, 0.4) is 0 Å². The van der Waals surface area contributed by atoms with E-state index in [1.807, 2.05) is 0 Å². The Bertz CT molecular complexity index is 1210. The van der Waals surface area contributed by atoms with Crippen LogP contribution in [-0.4, -0.2) is 50.5 Å². The number of hydrogen-bond acceptors (Lipinski definition) is 6. The normalized spacial score (nSPS) is 13.6. The molecule has 0 fully saturated rings. The highest BCUT2D eigenvalue weighted by molar-refractivity contribution is 6.16. The fourth-order valence-electron chi connectivity index (χ4n) is 7.88. The van der Waals surface area contributed by atoms with Gasteiger partial charge in [-0.25, -0.2) is 0 Å². The summed E-state index contributed by atoms with van der Waals surface area (Å²) >= 11 is 0. The van der Waals surface area contributed by atoms with Crippen molar-refractivity contribution >= 4 is 17.3 Å². The molecular weight excluding hydrogens is 781 g/mol. The Morgan fingerprint density at radius 2 is 0.571 bits per heavy atom. The molecule has 0 aliphatic rings. The van der Waals surface area contributed by atoms with Crippen LogP contribution in [-0.2, 0) is 14.4 Å². The van der Waals surface area contributed by atoms with E-state index in [0.29, 0.717) is 19.3 Å². The van der Waals surface area contributed by atoms with Crippen molar-refractivity contribution in [3.8, 4) is 0 Å². The molecule has 0 radical (unpaired) electrons. The second kappa shape index (κ2) is 44.5. The lowest BCUT2D eigenvalue weighted by Crippen LogP contribution is -2.69. The molecule has 0 amide bonds. The molecule has 0 aliphatic heterocycles. The summed E-state index contributed by atoms with van der Waals surface area (Å²) in [5, 5.41) is 34.1. The maximum Gasteiger partial charge on any atom is 0.219 e. The molecule has 0 heterocycles. The van der Waals surface area contributed by atoms with E-state index in [-0.39, 0.29) is 19.3 Å². The molecule has 362 valence electrons. The quantitative estimate of drug-likeness (QED) is 0.0319. The summed E-state index contributed by atoms with van der Waals surface area (Å²) in [7, 11) is 0. The summed E-state index contributed by atoms with van der Waals surface area (Å²) in [5.41, 5.74) is -5.81. The maximum absolute atomic E-state index is 13.8. The maximum atomic E-state index is 13.8. The van der Waals surface area contributed by atoms with Crippen molar-refractivity contribution in [1.82, 2.24) is 0 Å². The van der Waals surface area contributed by atoms with E-state index in [2.05, 4.69) is 93.7 Å². The topological polar surface area (TPSA) is 112 Å². The van der Waals surface area contributed by atoms with Crippen LogP contribution in [0.25, 0.3) is 0 Å². The van der Waals surface area contributed by atoms with Crippen LogP contribution in [0, 0.1) is 0 Å². The standard InChI is InChI=1S/C57H98O6/c1-4-7-10-13-16-19-22-25-28-31-34-37-40-43-46-49-53(59)56(62,52-58)57(63,54(60)50-47-44-41-38-35-32-29-26-23-20-17-14-11-8-5-2)55(61)51-48-45-42-39-36-33-30-27-24-21-18-15-12-9-6-3/h16-21,25-30,58,62-63H,4-15,22-24,31-52H2,1-3H3/b19-16-,20-17-,21-18-,28-25-,29-26-,30-27-. The average Bonchev–Trinajstić information content (AvgIpc) is 3.29. The number of allylic oxidation sites excluding steroid dienone is 12. The van der Waals surface area contributed by atoms with Gasteiger partial charge < -0.3 is 15.3 Å². The first-order chi connectivity index (χ1) is 30.8. The van der Waals surface area contributed by atoms with Crippen LogP contribution in [0.4, 0.5) is 0 Å². The summed E-state index contributed by atoms with van der Waals surface area (Å²) in [4.78, 5) is 41.2. The van der Waals surface area contributed by atoms with Gasteiger partial charge in [0.1, 0.15) is 0 Å². The van der Waals surface area contributed by atoms with Crippen molar-refractivity contribution < 1.29 is 29.7 Å². The molecule has 0 bridgehead atoms. The van der Waals surface area contributed by atoms with Crippen molar-refractivity contribution in [3.05, 3.63) is 72.9 Å². The minimum absolute atomic E-state index is 0.113. The molecule has 0 aromatic carbocycles. The van der Waals surface area contributed by atoms with Gasteiger partial charge in [-0.1, -0.05) is 190 Å². The van der Waals surface area contributed by atoms with Crippen LogP contribution < -0.4 is 0 Å². The van der Waals surface area contributed by atoms with E-state index in [1.54, 1.807) is 0 Å². The Morgan fingerprint density at radius 3 is 0.841 bits per heavy atom. The van der Waals surface area contributed by atoms with Gasteiger partial charge in [-0.2, -0.15) is 0 Å². The molecule has 63 heavy (non-hydrogen) atoms. The monoisotopic (exact) mass is 879 g/mol. The largest absolute Gasteiger partial charge is 0.393 e. The molecule has 0 spiro atoms. The minimum atomic E-state index is -2.96. The molecule has 6 heteroatoms. The van der Waals surface area contributed by atoms with E-state index in [9.17, 15) is 29.7 Å². The second-order valence-corrected chi connectivity index (χ2v) is 17.9. The van der Waals surface area contributed by atoms with E-state index in [4.69, 9.17) is 0 Å². The van der Waals surface area contributed by atoms with E-state index in [1.165, 1.54) is 57.8 Å². The van der Waals surface area contributed by atoms with Crippen LogP contribution >= 0.6 is 0 Å². The van der Waals surface area contributed by atoms with Crippen LogP contribution in [0.5, 0.6) is 0 Å². The number of rotatable bonds is 47. The molecule has 3 N–H and O–H groups in total. The number of aliphatic hydroxyl groups excluding tert-OH is 1. The van der Waals surface area contributed by atoms with Gasteiger partial charge in [-0.05, 0) is 116 Å². The third kappa shape index (κ3) is 31.8. The highest BCUT2D eigenvalue weighted by atomic mass is 16.4. The van der Waals surface area contributed by atoms with E-state index >= 15 is 0 Å². The van der Waals surface area contributed by atoms with Gasteiger partial charge >= 0.3 is 0 Å². The third-order valence-corrected chi connectivity index (χ3v) is 12.2. The smallest absolute Gasteiger partial charge is 0.219 e. The second-order valence-electron chi connectivity index (χ2n) is 17.9. The van der Waals surface area contributed by atoms with Gasteiger partial charge in [-0.15, -0.1) is 0 Å².